The molecule has 30 heavy (non-hydrogen) atoms. The van der Waals surface area contributed by atoms with Gasteiger partial charge in [0.05, 0.1) is 0 Å². The van der Waals surface area contributed by atoms with Gasteiger partial charge in [-0.3, -0.25) is 0 Å². The van der Waals surface area contributed by atoms with Crippen LogP contribution in [0.3, 0.4) is 0 Å². The Morgan fingerprint density at radius 1 is 0.800 bits per heavy atom. The van der Waals surface area contributed by atoms with Crippen LogP contribution in [0.1, 0.15) is 72.8 Å². The lowest BCUT2D eigenvalue weighted by molar-refractivity contribution is 0.255. The minimum atomic E-state index is 0.293. The van der Waals surface area contributed by atoms with Crippen molar-refractivity contribution in [3.8, 4) is 11.1 Å². The van der Waals surface area contributed by atoms with Gasteiger partial charge in [0.1, 0.15) is 0 Å². The average Bonchev–Trinajstić information content (AvgIpc) is 3.46. The second-order valence-corrected chi connectivity index (χ2v) is 10.3. The minimum absolute atomic E-state index is 0.293. The highest BCUT2D eigenvalue weighted by Gasteiger charge is 2.63. The Labute approximate surface area is 180 Å². The predicted octanol–water partition coefficient (Wildman–Crippen LogP) is 7.49. The van der Waals surface area contributed by atoms with E-state index >= 15 is 0 Å². The van der Waals surface area contributed by atoms with E-state index in [9.17, 15) is 0 Å². The lowest BCUT2D eigenvalue weighted by Crippen LogP contribution is -2.41. The monoisotopic (exact) mass is 390 g/mol. The van der Waals surface area contributed by atoms with Gasteiger partial charge in [-0.15, -0.1) is 0 Å². The van der Waals surface area contributed by atoms with Gasteiger partial charge in [-0.1, -0.05) is 86.5 Å². The molecule has 3 aromatic rings. The van der Waals surface area contributed by atoms with Gasteiger partial charge in [-0.2, -0.15) is 0 Å². The molecule has 150 valence electrons. The van der Waals surface area contributed by atoms with Crippen molar-refractivity contribution in [3.05, 3.63) is 94.5 Å². The summed E-state index contributed by atoms with van der Waals surface area (Å²) < 4.78 is 0. The third-order valence-corrected chi connectivity index (χ3v) is 9.36. The van der Waals surface area contributed by atoms with Crippen LogP contribution in [0.4, 0.5) is 0 Å². The third-order valence-electron chi connectivity index (χ3n) is 9.36. The molecule has 0 N–H and O–H groups in total. The zero-order chi connectivity index (χ0) is 19.9. The Morgan fingerprint density at radius 3 is 2.53 bits per heavy atom. The molecule has 3 unspecified atom stereocenters. The van der Waals surface area contributed by atoms with E-state index in [1.807, 2.05) is 0 Å². The smallest absolute Gasteiger partial charge is 0.0277 e. The van der Waals surface area contributed by atoms with Crippen molar-refractivity contribution in [2.75, 3.05) is 0 Å². The van der Waals surface area contributed by atoms with Crippen LogP contribution in [-0.2, 0) is 11.8 Å². The molecule has 1 spiro atoms. The molecule has 0 amide bonds. The summed E-state index contributed by atoms with van der Waals surface area (Å²) in [6.07, 6.45) is 8.22. The normalized spacial score (nSPS) is 32.4. The SMILES string of the molecule is CCc1ccccc1C1C[C@H]2CC3CCCC3[C@@]23c2ccccc2-c2cccc1c23. The molecule has 0 radical (unpaired) electrons. The van der Waals surface area contributed by atoms with Crippen LogP contribution in [-0.4, -0.2) is 0 Å². The highest BCUT2D eigenvalue weighted by molar-refractivity contribution is 5.84. The molecular formula is C30H30. The maximum absolute atomic E-state index is 2.49. The quantitative estimate of drug-likeness (QED) is 0.425. The molecule has 0 nitrogen and oxygen atoms in total. The summed E-state index contributed by atoms with van der Waals surface area (Å²) in [7, 11) is 0. The first-order chi connectivity index (χ1) is 14.8. The van der Waals surface area contributed by atoms with Crippen molar-refractivity contribution < 1.29 is 0 Å². The van der Waals surface area contributed by atoms with Crippen molar-refractivity contribution in [2.45, 2.75) is 56.8 Å². The fourth-order valence-corrected chi connectivity index (χ4v) is 8.53. The maximum Gasteiger partial charge on any atom is 0.0277 e. The van der Waals surface area contributed by atoms with E-state index < -0.39 is 0 Å². The van der Waals surface area contributed by atoms with E-state index in [1.165, 1.54) is 37.7 Å². The van der Waals surface area contributed by atoms with Crippen LogP contribution in [0.5, 0.6) is 0 Å². The van der Waals surface area contributed by atoms with Crippen LogP contribution in [0.25, 0.3) is 11.1 Å². The van der Waals surface area contributed by atoms with E-state index in [-0.39, 0.29) is 0 Å². The van der Waals surface area contributed by atoms with Crippen molar-refractivity contribution in [3.63, 3.8) is 0 Å². The second kappa shape index (κ2) is 6.10. The summed E-state index contributed by atoms with van der Waals surface area (Å²) in [5.74, 6) is 3.14. The van der Waals surface area contributed by atoms with Crippen molar-refractivity contribution in [1.82, 2.24) is 0 Å². The molecule has 2 saturated carbocycles. The first kappa shape index (κ1) is 17.4. The summed E-state index contributed by atoms with van der Waals surface area (Å²) in [5.41, 5.74) is 11.6. The Hall–Kier alpha value is -2.34. The number of fused-ring (bicyclic) bond motifs is 3. The van der Waals surface area contributed by atoms with Crippen molar-refractivity contribution >= 4 is 0 Å². The van der Waals surface area contributed by atoms with Crippen LogP contribution in [0, 0.1) is 17.8 Å². The fraction of sp³-hybridized carbons (Fsp3) is 0.400. The van der Waals surface area contributed by atoms with Crippen LogP contribution < -0.4 is 0 Å². The third kappa shape index (κ3) is 1.94. The molecule has 3 aromatic carbocycles. The highest BCUT2D eigenvalue weighted by Crippen LogP contribution is 2.71. The molecular weight excluding hydrogens is 360 g/mol. The molecule has 4 aliphatic carbocycles. The van der Waals surface area contributed by atoms with Gasteiger partial charge in [0.25, 0.3) is 0 Å². The molecule has 0 bridgehead atoms. The molecule has 0 heteroatoms. The highest BCUT2D eigenvalue weighted by atomic mass is 14.7. The van der Waals surface area contributed by atoms with Gasteiger partial charge < -0.3 is 0 Å². The first-order valence-electron chi connectivity index (χ1n) is 12.1. The Balaban J connectivity index is 1.54. The van der Waals surface area contributed by atoms with Crippen LogP contribution in [0.2, 0.25) is 0 Å². The molecule has 5 atom stereocenters. The van der Waals surface area contributed by atoms with Crippen molar-refractivity contribution in [2.24, 2.45) is 17.8 Å². The summed E-state index contributed by atoms with van der Waals surface area (Å²) in [5, 5.41) is 0. The zero-order valence-corrected chi connectivity index (χ0v) is 17.9. The Kier molecular flexibility index (Phi) is 3.53. The van der Waals surface area contributed by atoms with Crippen molar-refractivity contribution in [1.29, 1.82) is 0 Å². The lowest BCUT2D eigenvalue weighted by atomic mass is 9.56. The molecule has 7 rings (SSSR count). The van der Waals surface area contributed by atoms with E-state index in [0.29, 0.717) is 11.3 Å². The number of rotatable bonds is 2. The fourth-order valence-electron chi connectivity index (χ4n) is 8.53. The van der Waals surface area contributed by atoms with Gasteiger partial charge in [0.2, 0.25) is 0 Å². The van der Waals surface area contributed by atoms with Gasteiger partial charge in [0.15, 0.2) is 0 Å². The van der Waals surface area contributed by atoms with E-state index in [0.717, 1.165) is 24.2 Å². The number of aryl methyl sites for hydroxylation is 1. The average molecular weight is 391 g/mol. The van der Waals surface area contributed by atoms with Gasteiger partial charge in [0, 0.05) is 11.3 Å². The number of hydrogen-bond donors (Lipinski definition) is 0. The summed E-state index contributed by atoms with van der Waals surface area (Å²) in [4.78, 5) is 0. The topological polar surface area (TPSA) is 0 Å². The van der Waals surface area contributed by atoms with Crippen LogP contribution >= 0.6 is 0 Å². The Morgan fingerprint density at radius 2 is 1.60 bits per heavy atom. The molecule has 0 aliphatic heterocycles. The predicted molar refractivity (Wildman–Crippen MR) is 124 cm³/mol. The first-order valence-corrected chi connectivity index (χ1v) is 12.1. The van der Waals surface area contributed by atoms with Gasteiger partial charge in [-0.25, -0.2) is 0 Å². The second-order valence-electron chi connectivity index (χ2n) is 10.3. The summed E-state index contributed by atoms with van der Waals surface area (Å²) in [6, 6.07) is 26.0. The molecule has 0 heterocycles. The number of benzene rings is 3. The van der Waals surface area contributed by atoms with Gasteiger partial charge in [-0.05, 0) is 82.4 Å². The standard InChI is InChI=1S/C30H30/c1-2-19-9-3-4-11-22(19)26-18-21-17-20-10-7-16-27(20)30(21)28-15-6-5-12-23(28)24-13-8-14-25(26)29(24)30/h3-6,8-9,11-15,20-21,26-27H,2,7,10,16-18H2,1H3/t20?,21-,26?,27?,30-/m1/s1. The maximum atomic E-state index is 2.49. The lowest BCUT2D eigenvalue weighted by Gasteiger charge is -2.46. The molecule has 0 saturated heterocycles. The minimum Gasteiger partial charge on any atom is -0.0620 e. The summed E-state index contributed by atoms with van der Waals surface area (Å²) >= 11 is 0. The summed E-state index contributed by atoms with van der Waals surface area (Å²) in [6.45, 7) is 2.32. The molecule has 4 aliphatic rings. The largest absolute Gasteiger partial charge is 0.0620 e. The molecule has 0 aromatic heterocycles. The Bertz CT molecular complexity index is 1150. The van der Waals surface area contributed by atoms with Gasteiger partial charge >= 0.3 is 0 Å². The van der Waals surface area contributed by atoms with E-state index in [2.05, 4.69) is 73.7 Å². The molecule has 2 fully saturated rings. The van der Waals surface area contributed by atoms with E-state index in [4.69, 9.17) is 0 Å². The zero-order valence-electron chi connectivity index (χ0n) is 17.9. The van der Waals surface area contributed by atoms with Crippen LogP contribution in [0.15, 0.2) is 66.7 Å². The number of hydrogen-bond acceptors (Lipinski definition) is 0. The van der Waals surface area contributed by atoms with E-state index in [1.54, 1.807) is 33.4 Å².